The van der Waals surface area contributed by atoms with E-state index < -0.39 is 0 Å². The highest BCUT2D eigenvalue weighted by Gasteiger charge is 2.23. The Labute approximate surface area is 81.4 Å². The van der Waals surface area contributed by atoms with Crippen molar-refractivity contribution in [2.45, 2.75) is 39.0 Å². The van der Waals surface area contributed by atoms with Gasteiger partial charge in [0.25, 0.3) is 0 Å². The predicted octanol–water partition coefficient (Wildman–Crippen LogP) is 0.703. The molecule has 1 saturated heterocycles. The zero-order valence-corrected chi connectivity index (χ0v) is 9.21. The molecule has 0 aliphatic carbocycles. The maximum Gasteiger partial charge on any atom is 0.0674 e. The van der Waals surface area contributed by atoms with Crippen molar-refractivity contribution in [3.05, 3.63) is 0 Å². The van der Waals surface area contributed by atoms with Crippen LogP contribution in [-0.4, -0.2) is 49.8 Å². The Morgan fingerprint density at radius 2 is 2.23 bits per heavy atom. The van der Waals surface area contributed by atoms with E-state index in [-0.39, 0.29) is 0 Å². The SMILES string of the molecule is CN[C@@H](C)CN1CC(C)OCC1C. The number of rotatable bonds is 3. The van der Waals surface area contributed by atoms with Crippen LogP contribution >= 0.6 is 0 Å². The van der Waals surface area contributed by atoms with Crippen molar-refractivity contribution >= 4 is 0 Å². The molecule has 0 aromatic carbocycles. The second-order valence-corrected chi connectivity index (χ2v) is 4.14. The number of hydrogen-bond acceptors (Lipinski definition) is 3. The van der Waals surface area contributed by atoms with Crippen molar-refractivity contribution < 1.29 is 4.74 Å². The van der Waals surface area contributed by atoms with Crippen LogP contribution in [0.5, 0.6) is 0 Å². The van der Waals surface area contributed by atoms with Gasteiger partial charge in [-0.15, -0.1) is 0 Å². The Hall–Kier alpha value is -0.120. The Morgan fingerprint density at radius 3 is 2.85 bits per heavy atom. The van der Waals surface area contributed by atoms with E-state index in [0.29, 0.717) is 18.2 Å². The fourth-order valence-corrected chi connectivity index (χ4v) is 1.67. The van der Waals surface area contributed by atoms with Crippen molar-refractivity contribution in [3.63, 3.8) is 0 Å². The highest BCUT2D eigenvalue weighted by atomic mass is 16.5. The topological polar surface area (TPSA) is 24.5 Å². The van der Waals surface area contributed by atoms with E-state index in [1.807, 2.05) is 7.05 Å². The lowest BCUT2D eigenvalue weighted by atomic mass is 10.2. The van der Waals surface area contributed by atoms with Crippen LogP contribution in [0.3, 0.4) is 0 Å². The molecule has 2 unspecified atom stereocenters. The fraction of sp³-hybridized carbons (Fsp3) is 1.00. The van der Waals surface area contributed by atoms with Gasteiger partial charge < -0.3 is 10.1 Å². The molecule has 0 bridgehead atoms. The summed E-state index contributed by atoms with van der Waals surface area (Å²) in [6.45, 7) is 9.64. The molecule has 1 N–H and O–H groups in total. The van der Waals surface area contributed by atoms with Crippen LogP contribution in [0.4, 0.5) is 0 Å². The number of morpholine rings is 1. The minimum Gasteiger partial charge on any atom is -0.376 e. The van der Waals surface area contributed by atoms with Gasteiger partial charge in [0, 0.05) is 25.2 Å². The van der Waals surface area contributed by atoms with Gasteiger partial charge in [0.2, 0.25) is 0 Å². The summed E-state index contributed by atoms with van der Waals surface area (Å²) in [5.41, 5.74) is 0. The van der Waals surface area contributed by atoms with Crippen LogP contribution in [0.1, 0.15) is 20.8 Å². The summed E-state index contributed by atoms with van der Waals surface area (Å²) in [6.07, 6.45) is 0.389. The Kier molecular flexibility index (Phi) is 4.16. The van der Waals surface area contributed by atoms with E-state index in [2.05, 4.69) is 31.0 Å². The molecule has 3 atom stereocenters. The maximum atomic E-state index is 5.57. The van der Waals surface area contributed by atoms with Crippen LogP contribution in [0.2, 0.25) is 0 Å². The smallest absolute Gasteiger partial charge is 0.0674 e. The maximum absolute atomic E-state index is 5.57. The van der Waals surface area contributed by atoms with Gasteiger partial charge in [0.05, 0.1) is 12.7 Å². The Morgan fingerprint density at radius 1 is 1.54 bits per heavy atom. The Balaban J connectivity index is 2.37. The number of likely N-dealkylation sites (N-methyl/N-ethyl adjacent to an activating group) is 1. The van der Waals surface area contributed by atoms with Gasteiger partial charge in [0.15, 0.2) is 0 Å². The molecule has 3 nitrogen and oxygen atoms in total. The summed E-state index contributed by atoms with van der Waals surface area (Å²) in [4.78, 5) is 2.50. The summed E-state index contributed by atoms with van der Waals surface area (Å²) in [6, 6.07) is 1.12. The van der Waals surface area contributed by atoms with Crippen LogP contribution in [0.25, 0.3) is 0 Å². The van der Waals surface area contributed by atoms with Crippen molar-refractivity contribution in [1.82, 2.24) is 10.2 Å². The van der Waals surface area contributed by atoms with E-state index >= 15 is 0 Å². The molecule has 0 saturated carbocycles. The lowest BCUT2D eigenvalue weighted by molar-refractivity contribution is -0.0512. The molecular weight excluding hydrogens is 164 g/mol. The fourth-order valence-electron chi connectivity index (χ4n) is 1.67. The first-order valence-corrected chi connectivity index (χ1v) is 5.16. The van der Waals surface area contributed by atoms with E-state index in [0.717, 1.165) is 19.7 Å². The molecule has 1 aliphatic rings. The third-order valence-electron chi connectivity index (χ3n) is 2.74. The molecule has 0 aromatic rings. The minimum absolute atomic E-state index is 0.389. The number of nitrogens with one attached hydrogen (secondary N) is 1. The molecule has 1 rings (SSSR count). The molecule has 0 aromatic heterocycles. The largest absolute Gasteiger partial charge is 0.376 e. The molecule has 78 valence electrons. The standard InChI is InChI=1S/C10H22N2O/c1-8(11-4)5-12-6-10(3)13-7-9(12)2/h8-11H,5-7H2,1-4H3/t8-,9?,10?/m0/s1. The van der Waals surface area contributed by atoms with Gasteiger partial charge in [0.1, 0.15) is 0 Å². The second-order valence-electron chi connectivity index (χ2n) is 4.14. The minimum atomic E-state index is 0.389. The van der Waals surface area contributed by atoms with Crippen molar-refractivity contribution in [2.24, 2.45) is 0 Å². The summed E-state index contributed by atoms with van der Waals surface area (Å²) in [7, 11) is 2.01. The van der Waals surface area contributed by atoms with Crippen molar-refractivity contribution in [1.29, 1.82) is 0 Å². The van der Waals surface area contributed by atoms with Gasteiger partial charge in [-0.25, -0.2) is 0 Å². The molecule has 0 spiro atoms. The van der Waals surface area contributed by atoms with Gasteiger partial charge in [-0.1, -0.05) is 0 Å². The highest BCUT2D eigenvalue weighted by molar-refractivity contribution is 4.77. The number of ether oxygens (including phenoxy) is 1. The zero-order chi connectivity index (χ0) is 9.84. The van der Waals surface area contributed by atoms with Crippen LogP contribution in [0, 0.1) is 0 Å². The number of nitrogens with zero attached hydrogens (tertiary/aromatic N) is 1. The summed E-state index contributed by atoms with van der Waals surface area (Å²) >= 11 is 0. The normalized spacial score (nSPS) is 33.2. The van der Waals surface area contributed by atoms with Crippen LogP contribution < -0.4 is 5.32 Å². The lowest BCUT2D eigenvalue weighted by Gasteiger charge is -2.38. The molecule has 1 heterocycles. The molecule has 3 heteroatoms. The average Bonchev–Trinajstić information content (AvgIpc) is 2.11. The molecular formula is C10H22N2O. The van der Waals surface area contributed by atoms with Gasteiger partial charge in [-0.2, -0.15) is 0 Å². The first-order valence-electron chi connectivity index (χ1n) is 5.16. The monoisotopic (exact) mass is 186 g/mol. The quantitative estimate of drug-likeness (QED) is 0.702. The third kappa shape index (κ3) is 3.25. The molecule has 1 fully saturated rings. The van der Waals surface area contributed by atoms with Crippen LogP contribution in [0.15, 0.2) is 0 Å². The third-order valence-corrected chi connectivity index (χ3v) is 2.74. The van der Waals surface area contributed by atoms with Crippen molar-refractivity contribution in [2.75, 3.05) is 26.7 Å². The predicted molar refractivity (Wildman–Crippen MR) is 55.0 cm³/mol. The van der Waals surface area contributed by atoms with Gasteiger partial charge in [-0.3, -0.25) is 4.90 Å². The van der Waals surface area contributed by atoms with E-state index in [1.54, 1.807) is 0 Å². The highest BCUT2D eigenvalue weighted by Crippen LogP contribution is 2.11. The van der Waals surface area contributed by atoms with Gasteiger partial charge >= 0.3 is 0 Å². The molecule has 0 radical (unpaired) electrons. The van der Waals surface area contributed by atoms with E-state index in [4.69, 9.17) is 4.74 Å². The zero-order valence-electron chi connectivity index (χ0n) is 9.21. The van der Waals surface area contributed by atoms with Crippen LogP contribution in [-0.2, 0) is 4.74 Å². The molecule has 0 amide bonds. The summed E-state index contributed by atoms with van der Waals surface area (Å²) in [5, 5.41) is 3.27. The second kappa shape index (κ2) is 4.94. The van der Waals surface area contributed by atoms with E-state index in [1.165, 1.54) is 0 Å². The lowest BCUT2D eigenvalue weighted by Crippen LogP contribution is -2.51. The van der Waals surface area contributed by atoms with E-state index in [9.17, 15) is 0 Å². The van der Waals surface area contributed by atoms with Crippen molar-refractivity contribution in [3.8, 4) is 0 Å². The molecule has 13 heavy (non-hydrogen) atoms. The van der Waals surface area contributed by atoms with Gasteiger partial charge in [-0.05, 0) is 27.8 Å². The Bertz CT molecular complexity index is 152. The first kappa shape index (κ1) is 11.0. The first-order chi connectivity index (χ1) is 6.13. The number of hydrogen-bond donors (Lipinski definition) is 1. The molecule has 1 aliphatic heterocycles. The summed E-state index contributed by atoms with van der Waals surface area (Å²) < 4.78 is 5.57. The average molecular weight is 186 g/mol. The summed E-state index contributed by atoms with van der Waals surface area (Å²) in [5.74, 6) is 0.